The third kappa shape index (κ3) is 2.48. The van der Waals surface area contributed by atoms with Gasteiger partial charge in [0.15, 0.2) is 0 Å². The Balaban J connectivity index is 1.97. The van der Waals surface area contributed by atoms with Crippen LogP contribution in [0.1, 0.15) is 0 Å². The lowest BCUT2D eigenvalue weighted by molar-refractivity contribution is -0.124. The van der Waals surface area contributed by atoms with Crippen molar-refractivity contribution in [1.29, 1.82) is 0 Å². The van der Waals surface area contributed by atoms with E-state index in [1.54, 1.807) is 18.2 Å². The lowest BCUT2D eigenvalue weighted by Crippen LogP contribution is -2.33. The molecule has 4 nitrogen and oxygen atoms in total. The Bertz CT molecular complexity index is 423. The van der Waals surface area contributed by atoms with Gasteiger partial charge in [-0.3, -0.25) is 14.5 Å². The van der Waals surface area contributed by atoms with Crippen LogP contribution in [0.5, 0.6) is 0 Å². The smallest absolute Gasteiger partial charge is 0.290 e. The molecule has 16 heavy (non-hydrogen) atoms. The van der Waals surface area contributed by atoms with Gasteiger partial charge in [0, 0.05) is 10.7 Å². The monoisotopic (exact) mass is 256 g/mol. The first-order valence-corrected chi connectivity index (χ1v) is 6.00. The van der Waals surface area contributed by atoms with Crippen molar-refractivity contribution in [3.05, 3.63) is 29.3 Å². The number of anilines is 1. The zero-order valence-corrected chi connectivity index (χ0v) is 9.85. The average molecular weight is 257 g/mol. The summed E-state index contributed by atoms with van der Waals surface area (Å²) in [6.45, 7) is 0.186. The fraction of sp³-hybridized carbons (Fsp3) is 0.200. The van der Waals surface area contributed by atoms with E-state index in [2.05, 4.69) is 5.32 Å². The van der Waals surface area contributed by atoms with Gasteiger partial charge in [-0.15, -0.1) is 0 Å². The number of amides is 2. The van der Waals surface area contributed by atoms with Crippen LogP contribution in [0.15, 0.2) is 24.3 Å². The Morgan fingerprint density at radius 3 is 2.88 bits per heavy atom. The van der Waals surface area contributed by atoms with Gasteiger partial charge in [-0.25, -0.2) is 0 Å². The van der Waals surface area contributed by atoms with E-state index in [0.29, 0.717) is 5.02 Å². The molecule has 2 rings (SSSR count). The van der Waals surface area contributed by atoms with Crippen LogP contribution >= 0.6 is 23.4 Å². The highest BCUT2D eigenvalue weighted by atomic mass is 35.5. The van der Waals surface area contributed by atoms with E-state index in [0.717, 1.165) is 17.4 Å². The van der Waals surface area contributed by atoms with Crippen LogP contribution in [0.25, 0.3) is 0 Å². The van der Waals surface area contributed by atoms with Gasteiger partial charge in [0.2, 0.25) is 5.91 Å². The molecule has 1 saturated heterocycles. The maximum Gasteiger partial charge on any atom is 0.290 e. The summed E-state index contributed by atoms with van der Waals surface area (Å²) in [4.78, 5) is 23.8. The second-order valence-corrected chi connectivity index (χ2v) is 4.58. The first-order chi connectivity index (χ1) is 7.66. The molecule has 1 heterocycles. The predicted molar refractivity (Wildman–Crippen MR) is 64.6 cm³/mol. The Morgan fingerprint density at radius 2 is 2.25 bits per heavy atom. The van der Waals surface area contributed by atoms with Crippen LogP contribution in [0, 0.1) is 0 Å². The van der Waals surface area contributed by atoms with Crippen LogP contribution in [-0.4, -0.2) is 28.5 Å². The van der Waals surface area contributed by atoms with Crippen LogP contribution in [0.2, 0.25) is 5.02 Å². The third-order valence-corrected chi connectivity index (χ3v) is 3.20. The van der Waals surface area contributed by atoms with E-state index >= 15 is 0 Å². The molecule has 1 aliphatic rings. The van der Waals surface area contributed by atoms with E-state index < -0.39 is 0 Å². The van der Waals surface area contributed by atoms with Crippen molar-refractivity contribution < 1.29 is 9.59 Å². The van der Waals surface area contributed by atoms with E-state index in [4.69, 9.17) is 11.6 Å². The molecular formula is C10H9ClN2O2S. The van der Waals surface area contributed by atoms with Gasteiger partial charge in [-0.2, -0.15) is 0 Å². The van der Waals surface area contributed by atoms with Crippen LogP contribution in [0.4, 0.5) is 10.5 Å². The van der Waals surface area contributed by atoms with Gasteiger partial charge in [0.25, 0.3) is 5.24 Å². The second kappa shape index (κ2) is 4.76. The van der Waals surface area contributed by atoms with Gasteiger partial charge in [0.1, 0.15) is 0 Å². The Hall–Kier alpha value is -1.20. The number of carbonyl (C=O) groups excluding carboxylic acids is 2. The van der Waals surface area contributed by atoms with Crippen molar-refractivity contribution in [1.82, 2.24) is 4.90 Å². The van der Waals surface area contributed by atoms with Gasteiger partial charge in [-0.1, -0.05) is 29.4 Å². The zero-order valence-electron chi connectivity index (χ0n) is 8.27. The second-order valence-electron chi connectivity index (χ2n) is 3.22. The molecule has 1 aromatic rings. The fourth-order valence-electron chi connectivity index (χ4n) is 1.30. The Morgan fingerprint density at radius 1 is 1.44 bits per heavy atom. The van der Waals surface area contributed by atoms with Gasteiger partial charge < -0.3 is 5.32 Å². The van der Waals surface area contributed by atoms with Crippen molar-refractivity contribution in [2.75, 3.05) is 17.7 Å². The topological polar surface area (TPSA) is 49.4 Å². The average Bonchev–Trinajstić information content (AvgIpc) is 2.56. The van der Waals surface area contributed by atoms with E-state index in [9.17, 15) is 9.59 Å². The number of imide groups is 1. The number of hydrogen-bond acceptors (Lipinski definition) is 4. The van der Waals surface area contributed by atoms with Gasteiger partial charge in [0.05, 0.1) is 12.4 Å². The van der Waals surface area contributed by atoms with Crippen molar-refractivity contribution >= 4 is 40.2 Å². The summed E-state index contributed by atoms with van der Waals surface area (Å²) in [5.41, 5.74) is 0.782. The van der Waals surface area contributed by atoms with Crippen LogP contribution in [-0.2, 0) is 4.79 Å². The van der Waals surface area contributed by atoms with Crippen molar-refractivity contribution in [2.45, 2.75) is 0 Å². The zero-order chi connectivity index (χ0) is 11.5. The van der Waals surface area contributed by atoms with Gasteiger partial charge in [-0.05, 0) is 18.2 Å². The summed E-state index contributed by atoms with van der Waals surface area (Å²) in [6, 6.07) is 7.12. The number of nitrogens with zero attached hydrogens (tertiary/aromatic N) is 1. The van der Waals surface area contributed by atoms with Crippen molar-refractivity contribution in [2.24, 2.45) is 0 Å². The molecule has 84 valence electrons. The van der Waals surface area contributed by atoms with Gasteiger partial charge >= 0.3 is 0 Å². The molecule has 0 saturated carbocycles. The molecule has 2 amide bonds. The normalized spacial score (nSPS) is 15.7. The lowest BCUT2D eigenvalue weighted by atomic mass is 10.3. The van der Waals surface area contributed by atoms with E-state index in [1.165, 1.54) is 4.90 Å². The Labute approximate surface area is 102 Å². The molecule has 0 unspecified atom stereocenters. The van der Waals surface area contributed by atoms with Crippen molar-refractivity contribution in [3.8, 4) is 0 Å². The molecule has 0 bridgehead atoms. The number of thioether (sulfide) groups is 1. The van der Waals surface area contributed by atoms with E-state index in [-0.39, 0.29) is 23.6 Å². The summed E-state index contributed by atoms with van der Waals surface area (Å²) >= 11 is 6.83. The highest BCUT2D eigenvalue weighted by molar-refractivity contribution is 8.14. The summed E-state index contributed by atoms with van der Waals surface area (Å²) in [7, 11) is 0. The number of benzene rings is 1. The minimum atomic E-state index is -0.209. The Kier molecular flexibility index (Phi) is 3.36. The van der Waals surface area contributed by atoms with Crippen LogP contribution < -0.4 is 5.32 Å². The SMILES string of the molecule is O=C1CSC(=O)N1CNc1cccc(Cl)c1. The third-order valence-electron chi connectivity index (χ3n) is 2.11. The molecule has 1 aromatic carbocycles. The standard InChI is InChI=1S/C10H9ClN2O2S/c11-7-2-1-3-8(4-7)12-6-13-9(14)5-16-10(13)15/h1-4,12H,5-6H2. The summed E-state index contributed by atoms with van der Waals surface area (Å²) in [5.74, 6) is 0.0697. The molecule has 6 heteroatoms. The molecule has 0 aliphatic carbocycles. The summed E-state index contributed by atoms with van der Waals surface area (Å²) < 4.78 is 0. The molecule has 0 atom stereocenters. The quantitative estimate of drug-likeness (QED) is 0.902. The van der Waals surface area contributed by atoms with E-state index in [1.807, 2.05) is 6.07 Å². The highest BCUT2D eigenvalue weighted by Gasteiger charge is 2.29. The number of hydrogen-bond donors (Lipinski definition) is 1. The highest BCUT2D eigenvalue weighted by Crippen LogP contribution is 2.19. The summed E-state index contributed by atoms with van der Waals surface area (Å²) in [5, 5.41) is 3.38. The minimum Gasteiger partial charge on any atom is -0.367 e. The molecule has 1 aliphatic heterocycles. The molecule has 1 N–H and O–H groups in total. The molecule has 0 radical (unpaired) electrons. The lowest BCUT2D eigenvalue weighted by Gasteiger charge is -2.14. The molecule has 1 fully saturated rings. The predicted octanol–water partition coefficient (Wildman–Crippen LogP) is 2.40. The first kappa shape index (κ1) is 11.3. The molecule has 0 aromatic heterocycles. The van der Waals surface area contributed by atoms with Crippen LogP contribution in [0.3, 0.4) is 0 Å². The fourth-order valence-corrected chi connectivity index (χ4v) is 2.22. The summed E-state index contributed by atoms with van der Waals surface area (Å²) in [6.07, 6.45) is 0. The first-order valence-electron chi connectivity index (χ1n) is 4.63. The number of halogens is 1. The number of carbonyl (C=O) groups is 2. The maximum atomic E-state index is 11.3. The molecular weight excluding hydrogens is 248 g/mol. The maximum absolute atomic E-state index is 11.3. The largest absolute Gasteiger partial charge is 0.367 e. The molecule has 0 spiro atoms. The minimum absolute atomic E-state index is 0.162. The van der Waals surface area contributed by atoms with Crippen molar-refractivity contribution in [3.63, 3.8) is 0 Å². The number of nitrogens with one attached hydrogen (secondary N) is 1. The number of rotatable bonds is 3.